The number of nitro groups is 1. The molecule has 0 aliphatic carbocycles. The molecule has 0 radical (unpaired) electrons. The lowest BCUT2D eigenvalue weighted by Gasteiger charge is -2.27. The van der Waals surface area contributed by atoms with Crippen LogP contribution in [0.5, 0.6) is 11.5 Å². The van der Waals surface area contributed by atoms with Crippen LogP contribution in [-0.2, 0) is 16.0 Å². The number of anilines is 1. The zero-order chi connectivity index (χ0) is 22.0. The Morgan fingerprint density at radius 2 is 1.80 bits per heavy atom. The Labute approximate surface area is 177 Å². The van der Waals surface area contributed by atoms with Crippen LogP contribution in [0.1, 0.15) is 5.56 Å². The van der Waals surface area contributed by atoms with E-state index in [-0.39, 0.29) is 17.8 Å². The molecule has 1 saturated heterocycles. The minimum absolute atomic E-state index is 0.000115. The molecule has 1 aliphatic heterocycles. The molecular formula is C19H20N4O6S. The smallest absolute Gasteiger partial charge is 0.270 e. The van der Waals surface area contributed by atoms with E-state index in [0.29, 0.717) is 28.2 Å². The summed E-state index contributed by atoms with van der Waals surface area (Å²) in [5, 5.41) is 16.4. The van der Waals surface area contributed by atoms with Gasteiger partial charge in [0.25, 0.3) is 5.69 Å². The zero-order valence-electron chi connectivity index (χ0n) is 16.2. The molecule has 1 aliphatic rings. The first kappa shape index (κ1) is 21.2. The standard InChI is InChI=1S/C19H20N4O6S/c1-28-11-7-14(20)16(15(8-11)29-2)12-6-10(23(26)27)4-3-9(12)5-13-17(24)21-19(30)22-18(13)25/h3-4,6-8,13,19,30H,5,20H2,1-2H3,(H,21,24)(H,22,25). The molecule has 30 heavy (non-hydrogen) atoms. The highest BCUT2D eigenvalue weighted by Gasteiger charge is 2.34. The Hall–Kier alpha value is -3.47. The van der Waals surface area contributed by atoms with E-state index in [9.17, 15) is 19.7 Å². The lowest BCUT2D eigenvalue weighted by atomic mass is 9.89. The van der Waals surface area contributed by atoms with Crippen LogP contribution in [0.2, 0.25) is 0 Å². The number of nitrogens with two attached hydrogens (primary N) is 1. The van der Waals surface area contributed by atoms with E-state index >= 15 is 0 Å². The highest BCUT2D eigenvalue weighted by Crippen LogP contribution is 2.42. The van der Waals surface area contributed by atoms with Crippen LogP contribution in [0.15, 0.2) is 30.3 Å². The van der Waals surface area contributed by atoms with Crippen LogP contribution >= 0.6 is 12.6 Å². The number of amides is 2. The van der Waals surface area contributed by atoms with Gasteiger partial charge in [-0.3, -0.25) is 19.7 Å². The number of nitrogens with one attached hydrogen (secondary N) is 2. The monoisotopic (exact) mass is 432 g/mol. The number of rotatable bonds is 6. The van der Waals surface area contributed by atoms with E-state index in [1.807, 2.05) is 0 Å². The molecule has 2 aromatic carbocycles. The number of ether oxygens (including phenoxy) is 2. The van der Waals surface area contributed by atoms with Crippen LogP contribution in [0, 0.1) is 16.0 Å². The summed E-state index contributed by atoms with van der Waals surface area (Å²) < 4.78 is 10.6. The Morgan fingerprint density at radius 3 is 2.37 bits per heavy atom. The van der Waals surface area contributed by atoms with Crippen molar-refractivity contribution in [1.29, 1.82) is 0 Å². The van der Waals surface area contributed by atoms with E-state index in [0.717, 1.165) is 0 Å². The molecule has 1 heterocycles. The quantitative estimate of drug-likeness (QED) is 0.178. The number of nitro benzene ring substituents is 1. The maximum Gasteiger partial charge on any atom is 0.270 e. The maximum absolute atomic E-state index is 12.3. The van der Waals surface area contributed by atoms with Crippen LogP contribution in [0.4, 0.5) is 11.4 Å². The number of carbonyl (C=O) groups is 2. The molecule has 10 nitrogen and oxygen atoms in total. The molecule has 0 bridgehead atoms. The second-order valence-electron chi connectivity index (χ2n) is 6.57. The first-order valence-electron chi connectivity index (χ1n) is 8.83. The van der Waals surface area contributed by atoms with Crippen molar-refractivity contribution >= 4 is 35.8 Å². The number of carbonyl (C=O) groups excluding carboxylic acids is 2. The van der Waals surface area contributed by atoms with Crippen molar-refractivity contribution < 1.29 is 24.0 Å². The Morgan fingerprint density at radius 1 is 1.13 bits per heavy atom. The predicted molar refractivity (Wildman–Crippen MR) is 112 cm³/mol. The van der Waals surface area contributed by atoms with Crippen LogP contribution in [-0.4, -0.2) is 36.5 Å². The van der Waals surface area contributed by atoms with Crippen LogP contribution in [0.3, 0.4) is 0 Å². The lowest BCUT2D eigenvalue weighted by Crippen LogP contribution is -2.57. The fourth-order valence-electron chi connectivity index (χ4n) is 3.30. The summed E-state index contributed by atoms with van der Waals surface area (Å²) in [5.74, 6) is -1.22. The lowest BCUT2D eigenvalue weighted by molar-refractivity contribution is -0.384. The van der Waals surface area contributed by atoms with E-state index in [1.165, 1.54) is 32.4 Å². The van der Waals surface area contributed by atoms with E-state index in [2.05, 4.69) is 23.3 Å². The highest BCUT2D eigenvalue weighted by atomic mass is 32.1. The van der Waals surface area contributed by atoms with Crippen molar-refractivity contribution in [2.75, 3.05) is 20.0 Å². The molecule has 158 valence electrons. The van der Waals surface area contributed by atoms with Crippen molar-refractivity contribution in [3.63, 3.8) is 0 Å². The third kappa shape index (κ3) is 4.10. The highest BCUT2D eigenvalue weighted by molar-refractivity contribution is 7.80. The van der Waals surface area contributed by atoms with Crippen molar-refractivity contribution in [3.8, 4) is 22.6 Å². The Balaban J connectivity index is 2.14. The first-order chi connectivity index (χ1) is 14.2. The van der Waals surface area contributed by atoms with E-state index in [1.54, 1.807) is 12.1 Å². The van der Waals surface area contributed by atoms with Crippen LogP contribution < -0.4 is 25.8 Å². The van der Waals surface area contributed by atoms with Crippen molar-refractivity contribution in [2.45, 2.75) is 11.9 Å². The Kier molecular flexibility index (Phi) is 6.01. The van der Waals surface area contributed by atoms with Gasteiger partial charge >= 0.3 is 0 Å². The number of thiol groups is 1. The summed E-state index contributed by atoms with van der Waals surface area (Å²) in [5.41, 5.74) is 6.84. The SMILES string of the molecule is COc1cc(N)c(-c2cc([N+](=O)[O-])ccc2CC2C(=O)NC(S)NC2=O)c(OC)c1. The number of methoxy groups -OCH3 is 2. The summed E-state index contributed by atoms with van der Waals surface area (Å²) in [4.78, 5) is 35.5. The molecule has 0 spiro atoms. The summed E-state index contributed by atoms with van der Waals surface area (Å²) >= 11 is 4.03. The summed E-state index contributed by atoms with van der Waals surface area (Å²) in [6, 6.07) is 7.32. The van der Waals surface area contributed by atoms with Gasteiger partial charge in [-0.15, -0.1) is 12.6 Å². The van der Waals surface area contributed by atoms with Crippen molar-refractivity contribution in [1.82, 2.24) is 10.6 Å². The van der Waals surface area contributed by atoms with Gasteiger partial charge in [0.1, 0.15) is 22.9 Å². The summed E-state index contributed by atoms with van der Waals surface area (Å²) in [7, 11) is 2.91. The summed E-state index contributed by atoms with van der Waals surface area (Å²) in [6.07, 6.45) is 0.000115. The van der Waals surface area contributed by atoms with Gasteiger partial charge in [-0.05, 0) is 17.5 Å². The van der Waals surface area contributed by atoms with Gasteiger partial charge in [-0.1, -0.05) is 6.07 Å². The average Bonchev–Trinajstić information content (AvgIpc) is 2.70. The number of benzene rings is 2. The van der Waals surface area contributed by atoms with Gasteiger partial charge in [0, 0.05) is 35.5 Å². The molecule has 0 aromatic heterocycles. The molecule has 2 aromatic rings. The molecule has 2 amide bonds. The van der Waals surface area contributed by atoms with Crippen LogP contribution in [0.25, 0.3) is 11.1 Å². The average molecular weight is 432 g/mol. The van der Waals surface area contributed by atoms with Gasteiger partial charge in [-0.2, -0.15) is 0 Å². The first-order valence-corrected chi connectivity index (χ1v) is 9.34. The minimum Gasteiger partial charge on any atom is -0.497 e. The van der Waals surface area contributed by atoms with Gasteiger partial charge in [-0.25, -0.2) is 0 Å². The third-order valence-electron chi connectivity index (χ3n) is 4.75. The number of nitrogens with zero attached hydrogens (tertiary/aromatic N) is 1. The van der Waals surface area contributed by atoms with Gasteiger partial charge < -0.3 is 25.8 Å². The predicted octanol–water partition coefficient (Wildman–Crippen LogP) is 1.48. The Bertz CT molecular complexity index is 1010. The largest absolute Gasteiger partial charge is 0.497 e. The molecule has 0 atom stereocenters. The molecule has 0 unspecified atom stereocenters. The second kappa shape index (κ2) is 8.49. The molecule has 4 N–H and O–H groups in total. The van der Waals surface area contributed by atoms with Gasteiger partial charge in [0.2, 0.25) is 11.8 Å². The second-order valence-corrected chi connectivity index (χ2v) is 7.09. The zero-order valence-corrected chi connectivity index (χ0v) is 17.1. The van der Waals surface area contributed by atoms with Gasteiger partial charge in [0.15, 0.2) is 0 Å². The molecular weight excluding hydrogens is 412 g/mol. The number of nitrogen functional groups attached to an aromatic ring is 1. The number of non-ortho nitro benzene ring substituents is 1. The number of hydrogen-bond donors (Lipinski definition) is 4. The maximum atomic E-state index is 12.3. The molecule has 3 rings (SSSR count). The summed E-state index contributed by atoms with van der Waals surface area (Å²) in [6.45, 7) is 0. The third-order valence-corrected chi connectivity index (χ3v) is 5.01. The van der Waals surface area contributed by atoms with Crippen molar-refractivity contribution in [3.05, 3.63) is 46.0 Å². The molecule has 0 saturated carbocycles. The topological polar surface area (TPSA) is 146 Å². The van der Waals surface area contributed by atoms with E-state index < -0.39 is 28.2 Å². The van der Waals surface area contributed by atoms with Crippen molar-refractivity contribution in [2.24, 2.45) is 5.92 Å². The molecule has 1 fully saturated rings. The van der Waals surface area contributed by atoms with Gasteiger partial charge in [0.05, 0.1) is 19.1 Å². The fourth-order valence-corrected chi connectivity index (χ4v) is 3.55. The number of hydrogen-bond acceptors (Lipinski definition) is 8. The molecule has 11 heteroatoms. The fraction of sp³-hybridized carbons (Fsp3) is 0.263. The van der Waals surface area contributed by atoms with E-state index in [4.69, 9.17) is 15.2 Å². The normalized spacial score (nSPS) is 18.4. The minimum atomic E-state index is -1.03.